The molecule has 0 bridgehead atoms. The third-order valence-electron chi connectivity index (χ3n) is 1.53. The average molecular weight is 175 g/mol. The van der Waals surface area contributed by atoms with Gasteiger partial charge in [0, 0.05) is 6.54 Å². The second kappa shape index (κ2) is 10.9. The standard InChI is InChI=1S/C8H19NO.C2H6/c1-4-6-9(3)7-5-8(2)10;1-2/h8,10H,4-7H2,1-3H3;1-2H3. The summed E-state index contributed by atoms with van der Waals surface area (Å²) in [6.45, 7) is 10.1. The Balaban J connectivity index is 0. The zero-order valence-electron chi connectivity index (χ0n) is 9.30. The normalized spacial score (nSPS) is 12.2. The van der Waals surface area contributed by atoms with E-state index in [2.05, 4.69) is 18.9 Å². The van der Waals surface area contributed by atoms with E-state index in [0.717, 1.165) is 19.5 Å². The van der Waals surface area contributed by atoms with Crippen molar-refractivity contribution in [2.45, 2.75) is 46.6 Å². The number of rotatable bonds is 5. The summed E-state index contributed by atoms with van der Waals surface area (Å²) in [5.74, 6) is 0. The maximum Gasteiger partial charge on any atom is 0.0524 e. The SMILES string of the molecule is CC.CCCN(C)CCC(C)O. The third-order valence-corrected chi connectivity index (χ3v) is 1.53. The Morgan fingerprint density at radius 2 is 1.75 bits per heavy atom. The van der Waals surface area contributed by atoms with Crippen LogP contribution in [0, 0.1) is 0 Å². The molecule has 0 heterocycles. The average Bonchev–Trinajstić information content (AvgIpc) is 2.05. The van der Waals surface area contributed by atoms with Gasteiger partial charge in [-0.1, -0.05) is 20.8 Å². The fourth-order valence-electron chi connectivity index (χ4n) is 0.901. The Kier molecular flexibility index (Phi) is 13.1. The molecule has 0 radical (unpaired) electrons. The molecule has 0 aliphatic carbocycles. The molecule has 1 atom stereocenters. The third kappa shape index (κ3) is 12.6. The summed E-state index contributed by atoms with van der Waals surface area (Å²) in [6.07, 6.45) is 1.92. The van der Waals surface area contributed by atoms with Gasteiger partial charge >= 0.3 is 0 Å². The fraction of sp³-hybridized carbons (Fsp3) is 1.00. The van der Waals surface area contributed by atoms with Crippen molar-refractivity contribution in [3.63, 3.8) is 0 Å². The molecule has 0 aromatic rings. The molecular weight excluding hydrogens is 150 g/mol. The van der Waals surface area contributed by atoms with E-state index in [1.807, 2.05) is 20.8 Å². The van der Waals surface area contributed by atoms with Gasteiger partial charge in [-0.2, -0.15) is 0 Å². The zero-order chi connectivity index (χ0) is 9.98. The Morgan fingerprint density at radius 3 is 2.08 bits per heavy atom. The van der Waals surface area contributed by atoms with Gasteiger partial charge in [0.25, 0.3) is 0 Å². The Bertz CT molecular complexity index is 74.2. The van der Waals surface area contributed by atoms with Gasteiger partial charge in [0.05, 0.1) is 6.10 Å². The van der Waals surface area contributed by atoms with Crippen molar-refractivity contribution in [2.24, 2.45) is 0 Å². The lowest BCUT2D eigenvalue weighted by atomic mass is 10.3. The van der Waals surface area contributed by atoms with Crippen molar-refractivity contribution in [1.29, 1.82) is 0 Å². The highest BCUT2D eigenvalue weighted by molar-refractivity contribution is 4.53. The van der Waals surface area contributed by atoms with Crippen LogP contribution in [0.1, 0.15) is 40.5 Å². The summed E-state index contributed by atoms with van der Waals surface area (Å²) >= 11 is 0. The highest BCUT2D eigenvalue weighted by Crippen LogP contribution is 1.93. The zero-order valence-corrected chi connectivity index (χ0v) is 9.30. The van der Waals surface area contributed by atoms with E-state index >= 15 is 0 Å². The largest absolute Gasteiger partial charge is 0.393 e. The molecule has 0 rings (SSSR count). The molecule has 0 fully saturated rings. The van der Waals surface area contributed by atoms with Gasteiger partial charge in [0.15, 0.2) is 0 Å². The van der Waals surface area contributed by atoms with Crippen LogP contribution in [0.3, 0.4) is 0 Å². The molecule has 0 aromatic heterocycles. The van der Waals surface area contributed by atoms with Crippen molar-refractivity contribution in [2.75, 3.05) is 20.1 Å². The summed E-state index contributed by atoms with van der Waals surface area (Å²) < 4.78 is 0. The summed E-state index contributed by atoms with van der Waals surface area (Å²) in [4.78, 5) is 2.24. The first-order valence-electron chi connectivity index (χ1n) is 5.03. The van der Waals surface area contributed by atoms with E-state index in [0.29, 0.717) is 0 Å². The molecule has 0 aromatic carbocycles. The maximum atomic E-state index is 8.94. The smallest absolute Gasteiger partial charge is 0.0524 e. The van der Waals surface area contributed by atoms with Crippen LogP contribution in [-0.4, -0.2) is 36.2 Å². The summed E-state index contributed by atoms with van der Waals surface area (Å²) in [7, 11) is 2.09. The number of aliphatic hydroxyl groups is 1. The van der Waals surface area contributed by atoms with Crippen LogP contribution in [0.15, 0.2) is 0 Å². The van der Waals surface area contributed by atoms with Crippen LogP contribution in [-0.2, 0) is 0 Å². The van der Waals surface area contributed by atoms with Crippen LogP contribution in [0.2, 0.25) is 0 Å². The number of nitrogens with zero attached hydrogens (tertiary/aromatic N) is 1. The minimum Gasteiger partial charge on any atom is -0.393 e. The molecule has 0 aliphatic heterocycles. The van der Waals surface area contributed by atoms with Crippen molar-refractivity contribution in [3.05, 3.63) is 0 Å². The number of aliphatic hydroxyl groups excluding tert-OH is 1. The summed E-state index contributed by atoms with van der Waals surface area (Å²) in [6, 6.07) is 0. The molecule has 0 amide bonds. The Morgan fingerprint density at radius 1 is 1.25 bits per heavy atom. The topological polar surface area (TPSA) is 23.5 Å². The van der Waals surface area contributed by atoms with Crippen LogP contribution >= 0.6 is 0 Å². The minimum absolute atomic E-state index is 0.153. The lowest BCUT2D eigenvalue weighted by Crippen LogP contribution is -2.23. The summed E-state index contributed by atoms with van der Waals surface area (Å²) in [5, 5.41) is 8.94. The second-order valence-corrected chi connectivity index (χ2v) is 2.94. The molecule has 12 heavy (non-hydrogen) atoms. The molecule has 2 heteroatoms. The van der Waals surface area contributed by atoms with E-state index in [-0.39, 0.29) is 6.10 Å². The van der Waals surface area contributed by atoms with Gasteiger partial charge in [-0.15, -0.1) is 0 Å². The van der Waals surface area contributed by atoms with Crippen molar-refractivity contribution in [3.8, 4) is 0 Å². The van der Waals surface area contributed by atoms with Gasteiger partial charge in [0.1, 0.15) is 0 Å². The van der Waals surface area contributed by atoms with Crippen LogP contribution in [0.4, 0.5) is 0 Å². The molecular formula is C10H25NO. The van der Waals surface area contributed by atoms with E-state index in [4.69, 9.17) is 5.11 Å². The molecule has 1 N–H and O–H groups in total. The summed E-state index contributed by atoms with van der Waals surface area (Å²) in [5.41, 5.74) is 0. The quantitative estimate of drug-likeness (QED) is 0.692. The van der Waals surface area contributed by atoms with Gasteiger partial charge in [0.2, 0.25) is 0 Å². The predicted molar refractivity (Wildman–Crippen MR) is 55.4 cm³/mol. The van der Waals surface area contributed by atoms with Gasteiger partial charge < -0.3 is 10.0 Å². The Labute approximate surface area is 77.6 Å². The van der Waals surface area contributed by atoms with E-state index in [1.165, 1.54) is 6.42 Å². The first-order valence-corrected chi connectivity index (χ1v) is 5.03. The molecule has 76 valence electrons. The van der Waals surface area contributed by atoms with Crippen molar-refractivity contribution in [1.82, 2.24) is 4.90 Å². The predicted octanol–water partition coefficient (Wildman–Crippen LogP) is 2.13. The van der Waals surface area contributed by atoms with Crippen LogP contribution < -0.4 is 0 Å². The molecule has 0 aliphatic rings. The lowest BCUT2D eigenvalue weighted by Gasteiger charge is -2.15. The van der Waals surface area contributed by atoms with Gasteiger partial charge in [-0.3, -0.25) is 0 Å². The highest BCUT2D eigenvalue weighted by Gasteiger charge is 1.98. The van der Waals surface area contributed by atoms with E-state index in [1.54, 1.807) is 0 Å². The number of hydrogen-bond acceptors (Lipinski definition) is 2. The highest BCUT2D eigenvalue weighted by atomic mass is 16.3. The van der Waals surface area contributed by atoms with Crippen LogP contribution in [0.25, 0.3) is 0 Å². The maximum absolute atomic E-state index is 8.94. The molecule has 1 unspecified atom stereocenters. The van der Waals surface area contributed by atoms with Gasteiger partial charge in [-0.25, -0.2) is 0 Å². The Hall–Kier alpha value is -0.0800. The fourth-order valence-corrected chi connectivity index (χ4v) is 0.901. The van der Waals surface area contributed by atoms with Gasteiger partial charge in [-0.05, 0) is 33.4 Å². The van der Waals surface area contributed by atoms with Crippen LogP contribution in [0.5, 0.6) is 0 Å². The minimum atomic E-state index is -0.153. The lowest BCUT2D eigenvalue weighted by molar-refractivity contribution is 0.164. The van der Waals surface area contributed by atoms with E-state index in [9.17, 15) is 0 Å². The van der Waals surface area contributed by atoms with E-state index < -0.39 is 0 Å². The molecule has 0 spiro atoms. The van der Waals surface area contributed by atoms with Crippen molar-refractivity contribution < 1.29 is 5.11 Å². The first kappa shape index (κ1) is 14.4. The second-order valence-electron chi connectivity index (χ2n) is 2.94. The number of hydrogen-bond donors (Lipinski definition) is 1. The monoisotopic (exact) mass is 175 g/mol. The molecule has 2 nitrogen and oxygen atoms in total. The first-order chi connectivity index (χ1) is 5.66. The van der Waals surface area contributed by atoms with Crippen molar-refractivity contribution >= 4 is 0 Å². The molecule has 0 saturated heterocycles. The molecule has 0 saturated carbocycles.